The molecule has 2 fully saturated rings. The third-order valence-corrected chi connectivity index (χ3v) is 7.65. The molecule has 3 unspecified atom stereocenters. The Hall–Kier alpha value is -3.40. The maximum atomic E-state index is 14.7. The van der Waals surface area contributed by atoms with Gasteiger partial charge in [-0.3, -0.25) is 15.1 Å². The fourth-order valence-electron chi connectivity index (χ4n) is 5.55. The number of allylic oxidation sites excluding steroid dienone is 5. The molecule has 0 spiro atoms. The topological polar surface area (TPSA) is 98.3 Å². The van der Waals surface area contributed by atoms with Crippen molar-refractivity contribution in [3.63, 3.8) is 0 Å². The molecule has 2 saturated heterocycles. The Morgan fingerprint density at radius 2 is 2.07 bits per heavy atom. The zero-order valence-corrected chi connectivity index (χ0v) is 25.9. The van der Waals surface area contributed by atoms with Gasteiger partial charge in [0.05, 0.1) is 24.0 Å². The lowest BCUT2D eigenvalue weighted by Crippen LogP contribution is -2.58. The van der Waals surface area contributed by atoms with Crippen LogP contribution in [0.15, 0.2) is 64.6 Å². The smallest absolute Gasteiger partial charge is 0.410 e. The number of fused-ring (bicyclic) bond motifs is 1. The summed E-state index contributed by atoms with van der Waals surface area (Å²) in [5.74, 6) is 0.0519. The number of halogens is 1. The second-order valence-corrected chi connectivity index (χ2v) is 12.1. The van der Waals surface area contributed by atoms with Gasteiger partial charge in [-0.05, 0) is 84.1 Å². The summed E-state index contributed by atoms with van der Waals surface area (Å²) in [6, 6.07) is -0.0665. The Morgan fingerprint density at radius 3 is 2.71 bits per heavy atom. The van der Waals surface area contributed by atoms with Gasteiger partial charge in [0, 0.05) is 32.4 Å². The lowest BCUT2D eigenvalue weighted by molar-refractivity contribution is -0.123. The van der Waals surface area contributed by atoms with E-state index in [1.54, 1.807) is 24.4 Å². The van der Waals surface area contributed by atoms with E-state index in [0.29, 0.717) is 50.0 Å². The van der Waals surface area contributed by atoms with Crippen LogP contribution in [0, 0.1) is 5.92 Å². The fraction of sp³-hybridized carbons (Fsp3) is 0.594. The number of amides is 2. The minimum Gasteiger partial charge on any atom is -0.444 e. The van der Waals surface area contributed by atoms with Crippen LogP contribution in [0.5, 0.6) is 0 Å². The van der Waals surface area contributed by atoms with Gasteiger partial charge >= 0.3 is 6.09 Å². The minimum absolute atomic E-state index is 0.0665. The van der Waals surface area contributed by atoms with Crippen LogP contribution in [-0.4, -0.2) is 85.2 Å². The molecule has 10 heteroatoms. The molecule has 0 aromatic heterocycles. The summed E-state index contributed by atoms with van der Waals surface area (Å²) in [6.07, 6.45) is 13.5. The van der Waals surface area contributed by atoms with Crippen LogP contribution in [-0.2, 0) is 9.53 Å². The fourth-order valence-corrected chi connectivity index (χ4v) is 5.55. The first kappa shape index (κ1) is 33.1. The molecule has 3 rings (SSSR count). The number of hydrogen-bond donors (Lipinski definition) is 3. The molecular weight excluding hydrogens is 535 g/mol. The van der Waals surface area contributed by atoms with Gasteiger partial charge in [0.1, 0.15) is 12.3 Å². The molecule has 0 aromatic carbocycles. The first-order chi connectivity index (χ1) is 20.1. The van der Waals surface area contributed by atoms with Gasteiger partial charge < -0.3 is 25.2 Å². The monoisotopic (exact) mass is 584 g/mol. The van der Waals surface area contributed by atoms with Crippen molar-refractivity contribution in [3.8, 4) is 0 Å². The summed E-state index contributed by atoms with van der Waals surface area (Å²) >= 11 is 0. The largest absolute Gasteiger partial charge is 0.444 e. The Morgan fingerprint density at radius 1 is 1.29 bits per heavy atom. The van der Waals surface area contributed by atoms with Crippen LogP contribution >= 0.6 is 0 Å². The van der Waals surface area contributed by atoms with Crippen molar-refractivity contribution in [1.29, 1.82) is 0 Å². The van der Waals surface area contributed by atoms with Crippen LogP contribution in [0.1, 0.15) is 60.3 Å². The second-order valence-electron chi connectivity index (χ2n) is 12.1. The van der Waals surface area contributed by atoms with E-state index in [4.69, 9.17) is 4.74 Å². The van der Waals surface area contributed by atoms with Crippen LogP contribution in [0.4, 0.5) is 9.18 Å². The highest BCUT2D eigenvalue weighted by atomic mass is 19.1. The third-order valence-electron chi connectivity index (χ3n) is 7.65. The average molecular weight is 585 g/mol. The summed E-state index contributed by atoms with van der Waals surface area (Å²) in [7, 11) is 0. The summed E-state index contributed by atoms with van der Waals surface area (Å²) in [5, 5.41) is 9.30. The van der Waals surface area contributed by atoms with E-state index in [0.717, 1.165) is 36.8 Å². The Balaban J connectivity index is 1.68. The number of nitrogens with zero attached hydrogens (tertiary/aromatic N) is 3. The molecular formula is C32H49FN6O3. The standard InChI is InChI=1S/C32H49FN6O3/c1-7-10-26(37-30(40)29-35-20-24(21-36-29)13-12-23(3)19-34-15-8-2)27(18-33)38-17-14-25-11-9-16-39(28(25)22-38)31(41)42-32(4,5)6/h7-8,10,12,15,20,25,28-29,35-36H,2,9,11,13-14,16-19,21-22H2,1,3-6H3,(H,37,40)/b10-7-,23-12-,27-26-,34-15?. The minimum atomic E-state index is -0.734. The van der Waals surface area contributed by atoms with Crippen LogP contribution in [0.3, 0.4) is 0 Å². The predicted molar refractivity (Wildman–Crippen MR) is 167 cm³/mol. The number of hydrogen-bond acceptors (Lipinski definition) is 7. The molecule has 2 amide bonds. The van der Waals surface area contributed by atoms with Crippen molar-refractivity contribution in [2.24, 2.45) is 10.9 Å². The van der Waals surface area contributed by atoms with E-state index in [9.17, 15) is 14.0 Å². The van der Waals surface area contributed by atoms with Crippen molar-refractivity contribution in [2.45, 2.75) is 78.1 Å². The first-order valence-corrected chi connectivity index (χ1v) is 15.0. The Labute approximate surface area is 250 Å². The molecule has 3 aliphatic heterocycles. The Kier molecular flexibility index (Phi) is 12.4. The van der Waals surface area contributed by atoms with Gasteiger partial charge in [-0.2, -0.15) is 0 Å². The van der Waals surface area contributed by atoms with Crippen molar-refractivity contribution in [3.05, 3.63) is 59.6 Å². The molecule has 9 nitrogen and oxygen atoms in total. The molecule has 3 aliphatic rings. The number of aliphatic imine (C=N–C) groups is 1. The van der Waals surface area contributed by atoms with Crippen LogP contribution in [0.2, 0.25) is 0 Å². The molecule has 0 bridgehead atoms. The zero-order valence-electron chi connectivity index (χ0n) is 25.9. The molecule has 0 saturated carbocycles. The normalized spacial score (nSPS) is 24.1. The number of carbonyl (C=O) groups is 2. The van der Waals surface area contributed by atoms with Crippen molar-refractivity contribution < 1.29 is 18.7 Å². The SMILES string of the molecule is C=CC=NC/C(C)=C\CC1=CNC(C(=O)NC(/C=C\C)=C(/CF)N2CCC3CCCN(C(=O)OC(C)(C)C)C3C2)NC1. The van der Waals surface area contributed by atoms with E-state index in [2.05, 4.69) is 33.6 Å². The summed E-state index contributed by atoms with van der Waals surface area (Å²) < 4.78 is 20.4. The number of ether oxygens (including phenoxy) is 1. The number of rotatable bonds is 10. The number of nitrogens with one attached hydrogen (secondary N) is 3. The van der Waals surface area contributed by atoms with Crippen molar-refractivity contribution >= 4 is 18.2 Å². The van der Waals surface area contributed by atoms with Gasteiger partial charge in [0.15, 0.2) is 6.17 Å². The predicted octanol–water partition coefficient (Wildman–Crippen LogP) is 4.58. The van der Waals surface area contributed by atoms with Crippen LogP contribution in [0.25, 0.3) is 0 Å². The highest BCUT2D eigenvalue weighted by Crippen LogP contribution is 2.33. The van der Waals surface area contributed by atoms with E-state index >= 15 is 0 Å². The molecule has 0 radical (unpaired) electrons. The summed E-state index contributed by atoms with van der Waals surface area (Å²) in [5.41, 5.74) is 2.53. The second kappa shape index (κ2) is 15.7. The zero-order chi connectivity index (χ0) is 30.7. The van der Waals surface area contributed by atoms with E-state index < -0.39 is 18.4 Å². The Bertz CT molecular complexity index is 1120. The third kappa shape index (κ3) is 9.58. The number of carbonyl (C=O) groups excluding carboxylic acids is 2. The van der Waals surface area contributed by atoms with Gasteiger partial charge in [0.2, 0.25) is 0 Å². The number of piperidine rings is 2. The van der Waals surface area contributed by atoms with Gasteiger partial charge in [0.25, 0.3) is 5.91 Å². The molecule has 232 valence electrons. The number of alkyl halides is 1. The van der Waals surface area contributed by atoms with Gasteiger partial charge in [-0.1, -0.05) is 30.4 Å². The van der Waals surface area contributed by atoms with Crippen molar-refractivity contribution in [1.82, 2.24) is 25.8 Å². The van der Waals surface area contributed by atoms with Crippen LogP contribution < -0.4 is 16.0 Å². The number of likely N-dealkylation sites (tertiary alicyclic amines) is 2. The molecule has 3 N–H and O–H groups in total. The lowest BCUT2D eigenvalue weighted by atomic mass is 9.83. The van der Waals surface area contributed by atoms with E-state index in [1.807, 2.05) is 50.6 Å². The highest BCUT2D eigenvalue weighted by Gasteiger charge is 2.40. The molecule has 0 aliphatic carbocycles. The van der Waals surface area contributed by atoms with Gasteiger partial charge in [-0.25, -0.2) is 9.18 Å². The van der Waals surface area contributed by atoms with E-state index in [-0.39, 0.29) is 18.0 Å². The molecule has 0 aromatic rings. The molecule has 3 atom stereocenters. The lowest BCUT2D eigenvalue weighted by Gasteiger charge is -2.48. The molecule has 3 heterocycles. The summed E-state index contributed by atoms with van der Waals surface area (Å²) in [6.45, 7) is 15.3. The van der Waals surface area contributed by atoms with Gasteiger partial charge in [-0.15, -0.1) is 0 Å². The maximum absolute atomic E-state index is 14.7. The highest BCUT2D eigenvalue weighted by molar-refractivity contribution is 5.84. The first-order valence-electron chi connectivity index (χ1n) is 15.0. The van der Waals surface area contributed by atoms with E-state index in [1.165, 1.54) is 0 Å². The quantitative estimate of drug-likeness (QED) is 0.198. The average Bonchev–Trinajstić information content (AvgIpc) is 2.95. The summed E-state index contributed by atoms with van der Waals surface area (Å²) in [4.78, 5) is 34.3. The van der Waals surface area contributed by atoms with Crippen molar-refractivity contribution in [2.75, 3.05) is 39.4 Å². The maximum Gasteiger partial charge on any atom is 0.410 e. The molecule has 42 heavy (non-hydrogen) atoms.